The Morgan fingerprint density at radius 2 is 1.57 bits per heavy atom. The Labute approximate surface area is 138 Å². The molecule has 0 saturated carbocycles. The van der Waals surface area contributed by atoms with E-state index in [0.29, 0.717) is 11.5 Å². The first-order chi connectivity index (χ1) is 10.8. The molecule has 0 spiro atoms. The number of halogens is 1. The smallest absolute Gasteiger partial charge is 0.416 e. The molecule has 0 amide bonds. The van der Waals surface area contributed by atoms with E-state index in [4.69, 9.17) is 9.05 Å². The van der Waals surface area contributed by atoms with Crippen LogP contribution in [-0.4, -0.2) is 0 Å². The monoisotopic (exact) mass is 336 g/mol. The van der Waals surface area contributed by atoms with Crippen molar-refractivity contribution >= 4 is 8.60 Å². The average molecular weight is 336 g/mol. The van der Waals surface area contributed by atoms with E-state index >= 15 is 0 Å². The third-order valence-corrected chi connectivity index (χ3v) is 4.28. The molecule has 0 fully saturated rings. The normalized spacial score (nSPS) is 12.8. The highest BCUT2D eigenvalue weighted by Gasteiger charge is 2.20. The molecule has 124 valence electrons. The molecule has 3 nitrogen and oxygen atoms in total. The van der Waals surface area contributed by atoms with E-state index in [-0.39, 0.29) is 5.41 Å². The fourth-order valence-corrected chi connectivity index (χ4v) is 2.88. The summed E-state index contributed by atoms with van der Waals surface area (Å²) >= 11 is 0. The van der Waals surface area contributed by atoms with Gasteiger partial charge in [-0.1, -0.05) is 55.3 Å². The molecule has 0 saturated heterocycles. The minimum absolute atomic E-state index is 0.0510. The zero-order valence-corrected chi connectivity index (χ0v) is 15.0. The molecule has 0 aromatic heterocycles. The lowest BCUT2D eigenvalue weighted by atomic mass is 9.87. The summed E-state index contributed by atoms with van der Waals surface area (Å²) in [4.78, 5) is 0. The van der Waals surface area contributed by atoms with Crippen LogP contribution in [0.1, 0.15) is 37.5 Å². The summed E-state index contributed by atoms with van der Waals surface area (Å²) in [6.07, 6.45) is 0. The van der Waals surface area contributed by atoms with Crippen LogP contribution >= 0.6 is 8.60 Å². The minimum atomic E-state index is -2.14. The quantitative estimate of drug-likeness (QED) is 0.610. The van der Waals surface area contributed by atoms with Crippen molar-refractivity contribution in [1.82, 2.24) is 0 Å². The second kappa shape index (κ2) is 7.29. The molecular formula is C18H22FO3P. The van der Waals surface area contributed by atoms with Crippen LogP contribution in [0.3, 0.4) is 0 Å². The number of hydrogen-bond donors (Lipinski definition) is 0. The number of rotatable bonds is 5. The van der Waals surface area contributed by atoms with Crippen molar-refractivity contribution in [2.75, 3.05) is 0 Å². The summed E-state index contributed by atoms with van der Waals surface area (Å²) in [6.45, 7) is 10.3. The first kappa shape index (κ1) is 17.7. The van der Waals surface area contributed by atoms with E-state index in [1.807, 2.05) is 38.1 Å². The van der Waals surface area contributed by atoms with E-state index in [1.165, 1.54) is 5.56 Å². The number of benzene rings is 2. The van der Waals surface area contributed by atoms with Crippen LogP contribution in [0.15, 0.2) is 42.5 Å². The lowest BCUT2D eigenvalue weighted by molar-refractivity contribution is -0.0157. The van der Waals surface area contributed by atoms with Gasteiger partial charge in [-0.15, -0.1) is 0 Å². The molecule has 0 heterocycles. The Hall–Kier alpha value is -1.64. The largest absolute Gasteiger partial charge is 0.497 e. The van der Waals surface area contributed by atoms with Crippen molar-refractivity contribution in [3.63, 3.8) is 0 Å². The van der Waals surface area contributed by atoms with Crippen LogP contribution in [0.2, 0.25) is 0 Å². The minimum Gasteiger partial charge on any atom is -0.416 e. The van der Waals surface area contributed by atoms with Gasteiger partial charge >= 0.3 is 8.60 Å². The molecule has 0 bridgehead atoms. The number of hydrogen-bond acceptors (Lipinski definition) is 3. The second-order valence-corrected chi connectivity index (χ2v) is 7.47. The second-order valence-electron chi connectivity index (χ2n) is 6.52. The van der Waals surface area contributed by atoms with Crippen LogP contribution in [-0.2, 0) is 10.1 Å². The molecule has 5 heteroatoms. The summed E-state index contributed by atoms with van der Waals surface area (Å²) in [5, 5.41) is 0. The molecule has 23 heavy (non-hydrogen) atoms. The van der Waals surface area contributed by atoms with Gasteiger partial charge in [-0.25, -0.2) is 0 Å². The van der Waals surface area contributed by atoms with Crippen LogP contribution in [0, 0.1) is 13.8 Å². The van der Waals surface area contributed by atoms with Gasteiger partial charge in [0.15, 0.2) is 0 Å². The highest BCUT2D eigenvalue weighted by atomic mass is 31.2. The predicted molar refractivity (Wildman–Crippen MR) is 91.4 cm³/mol. The molecule has 0 aliphatic rings. The van der Waals surface area contributed by atoms with E-state index in [1.54, 1.807) is 18.2 Å². The van der Waals surface area contributed by atoms with Gasteiger partial charge in [0, 0.05) is 0 Å². The molecular weight excluding hydrogens is 314 g/mol. The number of aryl methyl sites for hydroxylation is 2. The Balaban J connectivity index is 2.07. The lowest BCUT2D eigenvalue weighted by Gasteiger charge is -2.19. The van der Waals surface area contributed by atoms with E-state index < -0.39 is 8.60 Å². The van der Waals surface area contributed by atoms with E-state index in [9.17, 15) is 4.53 Å². The molecule has 0 aliphatic heterocycles. The van der Waals surface area contributed by atoms with Crippen molar-refractivity contribution in [2.24, 2.45) is 0 Å². The summed E-state index contributed by atoms with van der Waals surface area (Å²) in [7, 11) is -2.14. The van der Waals surface area contributed by atoms with Gasteiger partial charge in [-0.2, -0.15) is 0 Å². The highest BCUT2D eigenvalue weighted by molar-refractivity contribution is 7.42. The molecule has 1 atom stereocenters. The van der Waals surface area contributed by atoms with Crippen LogP contribution in [0.25, 0.3) is 0 Å². The van der Waals surface area contributed by atoms with Gasteiger partial charge in [-0.3, -0.25) is 0 Å². The lowest BCUT2D eigenvalue weighted by Crippen LogP contribution is -2.10. The third-order valence-electron chi connectivity index (χ3n) is 3.46. The maximum absolute atomic E-state index is 12.8. The Morgan fingerprint density at radius 3 is 2.09 bits per heavy atom. The first-order valence-corrected chi connectivity index (χ1v) is 8.52. The average Bonchev–Trinajstić information content (AvgIpc) is 2.48. The van der Waals surface area contributed by atoms with Gasteiger partial charge < -0.3 is 9.05 Å². The summed E-state index contributed by atoms with van der Waals surface area (Å²) in [5.41, 5.74) is 3.24. The first-order valence-electron chi connectivity index (χ1n) is 7.42. The molecule has 2 aromatic carbocycles. The summed E-state index contributed by atoms with van der Waals surface area (Å²) < 4.78 is 27.6. The SMILES string of the molecule is Cc1ccc(OP(OF)Oc2ccc(C(C)(C)C)cc2)c(C)c1. The van der Waals surface area contributed by atoms with E-state index in [0.717, 1.165) is 11.1 Å². The van der Waals surface area contributed by atoms with Gasteiger partial charge in [0.1, 0.15) is 11.5 Å². The summed E-state index contributed by atoms with van der Waals surface area (Å²) in [6, 6.07) is 13.1. The summed E-state index contributed by atoms with van der Waals surface area (Å²) in [5.74, 6) is 1.05. The predicted octanol–water partition coefficient (Wildman–Crippen LogP) is 6.19. The Bertz CT molecular complexity index is 650. The molecule has 0 aliphatic carbocycles. The molecule has 2 aromatic rings. The molecule has 1 unspecified atom stereocenters. The Kier molecular flexibility index (Phi) is 5.61. The molecule has 2 rings (SSSR count). The van der Waals surface area contributed by atoms with Crippen molar-refractivity contribution < 1.29 is 18.3 Å². The van der Waals surface area contributed by atoms with Gasteiger partial charge in [0.05, 0.1) is 0 Å². The van der Waals surface area contributed by atoms with Crippen molar-refractivity contribution in [1.29, 1.82) is 0 Å². The molecule has 0 N–H and O–H groups in total. The van der Waals surface area contributed by atoms with E-state index in [2.05, 4.69) is 25.5 Å². The standard InChI is InChI=1S/C18H22FO3P/c1-13-6-11-17(14(2)12-13)21-23(22-19)20-16-9-7-15(8-10-16)18(3,4)5/h6-12H,1-5H3. The zero-order chi connectivity index (χ0) is 17.0. The fraction of sp³-hybridized carbons (Fsp3) is 0.333. The van der Waals surface area contributed by atoms with Crippen molar-refractivity contribution in [3.8, 4) is 11.5 Å². The van der Waals surface area contributed by atoms with Gasteiger partial charge in [0.2, 0.25) is 0 Å². The van der Waals surface area contributed by atoms with Crippen LogP contribution in [0.5, 0.6) is 11.5 Å². The van der Waals surface area contributed by atoms with Crippen LogP contribution < -0.4 is 9.05 Å². The topological polar surface area (TPSA) is 27.7 Å². The highest BCUT2D eigenvalue weighted by Crippen LogP contribution is 2.43. The molecule has 0 radical (unpaired) electrons. The zero-order valence-electron chi connectivity index (χ0n) is 14.1. The van der Waals surface area contributed by atoms with Gasteiger partial charge in [-0.05, 0) is 53.1 Å². The van der Waals surface area contributed by atoms with Crippen LogP contribution in [0.4, 0.5) is 4.53 Å². The maximum atomic E-state index is 12.8. The fourth-order valence-electron chi connectivity index (χ4n) is 2.13. The van der Waals surface area contributed by atoms with Gasteiger partial charge in [0.25, 0.3) is 0 Å². The van der Waals surface area contributed by atoms with Crippen molar-refractivity contribution in [3.05, 3.63) is 59.2 Å². The third kappa shape index (κ3) is 4.92. The maximum Gasteiger partial charge on any atom is 0.497 e. The Morgan fingerprint density at radius 1 is 0.913 bits per heavy atom. The van der Waals surface area contributed by atoms with Crippen molar-refractivity contribution in [2.45, 2.75) is 40.0 Å².